The minimum Gasteiger partial charge on any atom is -0.336 e. The zero-order valence-corrected chi connectivity index (χ0v) is 14.2. The number of hydrogen-bond acceptors (Lipinski definition) is 4. The summed E-state index contributed by atoms with van der Waals surface area (Å²) in [6, 6.07) is 0.483. The zero-order chi connectivity index (χ0) is 15.4. The lowest BCUT2D eigenvalue weighted by atomic mass is 10.0. The molecule has 1 aromatic rings. The number of hydrogen-bond donors (Lipinski definition) is 1. The Bertz CT molecular complexity index is 504. The average Bonchev–Trinajstić information content (AvgIpc) is 3.14. The van der Waals surface area contributed by atoms with Gasteiger partial charge in [0.2, 0.25) is 0 Å². The standard InChI is InChI=1S/C16H26N4OS/c1-2-3-6-15-18-13(12-22-15)10-19-8-4-5-14(11-19)20-9-7-17-16(20)21/h12,14H,2-11H2,1H3,(H,17,21)/t14-/m1/s1. The van der Waals surface area contributed by atoms with Gasteiger partial charge in [-0.05, 0) is 32.2 Å². The monoisotopic (exact) mass is 322 g/mol. The van der Waals surface area contributed by atoms with E-state index in [1.54, 1.807) is 11.3 Å². The second kappa shape index (κ2) is 7.42. The van der Waals surface area contributed by atoms with Crippen LogP contribution in [-0.4, -0.2) is 53.0 Å². The summed E-state index contributed by atoms with van der Waals surface area (Å²) in [5.74, 6) is 0. The molecule has 0 spiro atoms. The minimum absolute atomic E-state index is 0.113. The van der Waals surface area contributed by atoms with Crippen molar-refractivity contribution in [2.24, 2.45) is 0 Å². The van der Waals surface area contributed by atoms with Crippen LogP contribution in [0.3, 0.4) is 0 Å². The summed E-state index contributed by atoms with van der Waals surface area (Å²) >= 11 is 1.79. The Kier molecular flexibility index (Phi) is 5.31. The molecule has 0 saturated carbocycles. The van der Waals surface area contributed by atoms with Crippen molar-refractivity contribution in [3.8, 4) is 0 Å². The number of amides is 2. The van der Waals surface area contributed by atoms with Crippen molar-refractivity contribution in [1.82, 2.24) is 20.1 Å². The number of carbonyl (C=O) groups is 1. The number of piperidine rings is 1. The van der Waals surface area contributed by atoms with E-state index < -0.39 is 0 Å². The molecule has 0 unspecified atom stereocenters. The molecule has 1 aromatic heterocycles. The van der Waals surface area contributed by atoms with Crippen molar-refractivity contribution in [1.29, 1.82) is 0 Å². The number of aryl methyl sites for hydroxylation is 1. The molecule has 22 heavy (non-hydrogen) atoms. The number of aromatic nitrogens is 1. The molecule has 2 aliphatic rings. The fraction of sp³-hybridized carbons (Fsp3) is 0.750. The second-order valence-electron chi connectivity index (χ2n) is 6.29. The van der Waals surface area contributed by atoms with Gasteiger partial charge in [-0.1, -0.05) is 13.3 Å². The third-order valence-electron chi connectivity index (χ3n) is 4.54. The van der Waals surface area contributed by atoms with E-state index in [0.717, 1.165) is 45.6 Å². The summed E-state index contributed by atoms with van der Waals surface area (Å²) in [7, 11) is 0. The average molecular weight is 322 g/mol. The maximum Gasteiger partial charge on any atom is 0.317 e. The third-order valence-corrected chi connectivity index (χ3v) is 5.50. The number of rotatable bonds is 6. The van der Waals surface area contributed by atoms with Crippen molar-refractivity contribution >= 4 is 17.4 Å². The highest BCUT2D eigenvalue weighted by molar-refractivity contribution is 7.09. The van der Waals surface area contributed by atoms with Gasteiger partial charge in [0.05, 0.1) is 10.7 Å². The number of nitrogens with zero attached hydrogens (tertiary/aromatic N) is 3. The van der Waals surface area contributed by atoms with E-state index in [9.17, 15) is 4.79 Å². The van der Waals surface area contributed by atoms with Gasteiger partial charge in [0.15, 0.2) is 0 Å². The maximum absolute atomic E-state index is 11.8. The molecule has 2 saturated heterocycles. The van der Waals surface area contributed by atoms with Crippen molar-refractivity contribution < 1.29 is 4.79 Å². The molecule has 2 aliphatic heterocycles. The predicted octanol–water partition coefficient (Wildman–Crippen LogP) is 2.48. The number of urea groups is 1. The molecule has 6 heteroatoms. The lowest BCUT2D eigenvalue weighted by Crippen LogP contribution is -2.48. The van der Waals surface area contributed by atoms with Crippen LogP contribution in [0.25, 0.3) is 0 Å². The smallest absolute Gasteiger partial charge is 0.317 e. The van der Waals surface area contributed by atoms with Crippen LogP contribution >= 0.6 is 11.3 Å². The quantitative estimate of drug-likeness (QED) is 0.875. The molecule has 2 fully saturated rings. The first kappa shape index (κ1) is 15.7. The predicted molar refractivity (Wildman–Crippen MR) is 89.1 cm³/mol. The lowest BCUT2D eigenvalue weighted by molar-refractivity contribution is 0.121. The summed E-state index contributed by atoms with van der Waals surface area (Å²) in [6.07, 6.45) is 5.85. The molecule has 3 heterocycles. The number of likely N-dealkylation sites (tertiary alicyclic amines) is 1. The normalized spacial score (nSPS) is 23.0. The molecule has 0 radical (unpaired) electrons. The van der Waals surface area contributed by atoms with E-state index in [1.165, 1.54) is 30.0 Å². The van der Waals surface area contributed by atoms with Crippen LogP contribution in [0.5, 0.6) is 0 Å². The molecule has 2 amide bonds. The lowest BCUT2D eigenvalue weighted by Gasteiger charge is -2.36. The maximum atomic E-state index is 11.8. The van der Waals surface area contributed by atoms with Gasteiger partial charge in [0.1, 0.15) is 0 Å². The van der Waals surface area contributed by atoms with Crippen LogP contribution in [0.1, 0.15) is 43.3 Å². The molecular formula is C16H26N4OS. The Morgan fingerprint density at radius 3 is 3.14 bits per heavy atom. The summed E-state index contributed by atoms with van der Waals surface area (Å²) in [5.41, 5.74) is 1.20. The van der Waals surface area contributed by atoms with Crippen LogP contribution in [0.2, 0.25) is 0 Å². The number of unbranched alkanes of at least 4 members (excludes halogenated alkanes) is 1. The van der Waals surface area contributed by atoms with E-state index in [-0.39, 0.29) is 6.03 Å². The molecule has 122 valence electrons. The van der Waals surface area contributed by atoms with Gasteiger partial charge in [0.25, 0.3) is 0 Å². The van der Waals surface area contributed by atoms with E-state index >= 15 is 0 Å². The molecule has 0 aliphatic carbocycles. The minimum atomic E-state index is 0.113. The van der Waals surface area contributed by atoms with Crippen molar-refractivity contribution in [2.75, 3.05) is 26.2 Å². The number of carbonyl (C=O) groups excluding carboxylic acids is 1. The van der Waals surface area contributed by atoms with Gasteiger partial charge in [-0.2, -0.15) is 0 Å². The second-order valence-corrected chi connectivity index (χ2v) is 7.24. The highest BCUT2D eigenvalue weighted by Gasteiger charge is 2.31. The van der Waals surface area contributed by atoms with Gasteiger partial charge in [0, 0.05) is 37.6 Å². The van der Waals surface area contributed by atoms with E-state index in [0.29, 0.717) is 6.04 Å². The first-order valence-electron chi connectivity index (χ1n) is 8.46. The van der Waals surface area contributed by atoms with Crippen molar-refractivity contribution in [3.05, 3.63) is 16.1 Å². The third kappa shape index (κ3) is 3.79. The summed E-state index contributed by atoms with van der Waals surface area (Å²) in [5, 5.41) is 6.39. The van der Waals surface area contributed by atoms with Crippen LogP contribution < -0.4 is 5.32 Å². The SMILES string of the molecule is CCCCc1nc(CN2CCC[C@@H](N3CCNC3=O)C2)cs1. The van der Waals surface area contributed by atoms with Gasteiger partial charge in [-0.25, -0.2) is 9.78 Å². The largest absolute Gasteiger partial charge is 0.336 e. The molecular weight excluding hydrogens is 296 g/mol. The summed E-state index contributed by atoms with van der Waals surface area (Å²) < 4.78 is 0. The molecule has 0 bridgehead atoms. The van der Waals surface area contributed by atoms with Gasteiger partial charge in [-0.3, -0.25) is 4.90 Å². The Hall–Kier alpha value is -1.14. The van der Waals surface area contributed by atoms with Crippen LogP contribution in [0, 0.1) is 0 Å². The Labute approximate surface area is 136 Å². The molecule has 1 N–H and O–H groups in total. The number of thiazole rings is 1. The van der Waals surface area contributed by atoms with Gasteiger partial charge in [-0.15, -0.1) is 11.3 Å². The highest BCUT2D eigenvalue weighted by Crippen LogP contribution is 2.20. The summed E-state index contributed by atoms with van der Waals surface area (Å²) in [6.45, 7) is 6.89. The van der Waals surface area contributed by atoms with Gasteiger partial charge >= 0.3 is 6.03 Å². The summed E-state index contributed by atoms with van der Waals surface area (Å²) in [4.78, 5) is 21.1. The Morgan fingerprint density at radius 1 is 1.45 bits per heavy atom. The molecule has 0 aromatic carbocycles. The van der Waals surface area contributed by atoms with E-state index in [4.69, 9.17) is 4.98 Å². The zero-order valence-electron chi connectivity index (χ0n) is 13.4. The fourth-order valence-electron chi connectivity index (χ4n) is 3.36. The first-order valence-corrected chi connectivity index (χ1v) is 9.34. The molecule has 1 atom stereocenters. The topological polar surface area (TPSA) is 48.5 Å². The number of nitrogens with one attached hydrogen (secondary N) is 1. The van der Waals surface area contributed by atoms with Crippen molar-refractivity contribution in [3.63, 3.8) is 0 Å². The van der Waals surface area contributed by atoms with E-state index in [2.05, 4.69) is 22.5 Å². The highest BCUT2D eigenvalue weighted by atomic mass is 32.1. The first-order chi connectivity index (χ1) is 10.8. The molecule has 3 rings (SSSR count). The molecule has 5 nitrogen and oxygen atoms in total. The van der Waals surface area contributed by atoms with Gasteiger partial charge < -0.3 is 10.2 Å². The van der Waals surface area contributed by atoms with E-state index in [1.807, 2.05) is 4.90 Å². The van der Waals surface area contributed by atoms with Crippen LogP contribution in [0.4, 0.5) is 4.79 Å². The van der Waals surface area contributed by atoms with Crippen molar-refractivity contribution in [2.45, 2.75) is 51.6 Å². The van der Waals surface area contributed by atoms with Crippen LogP contribution in [-0.2, 0) is 13.0 Å². The van der Waals surface area contributed by atoms with Crippen LogP contribution in [0.15, 0.2) is 5.38 Å². The Morgan fingerprint density at radius 2 is 2.36 bits per heavy atom. The fourth-order valence-corrected chi connectivity index (χ4v) is 4.19. The Balaban J connectivity index is 1.53.